The number of hydrogen-bond donors (Lipinski definition) is 0. The first kappa shape index (κ1) is 57.9. The van der Waals surface area contributed by atoms with Gasteiger partial charge in [0.05, 0.1) is 0 Å². The van der Waals surface area contributed by atoms with Crippen LogP contribution in [0.4, 0.5) is 0 Å². The highest BCUT2D eigenvalue weighted by atomic mass is 16.6. The summed E-state index contributed by atoms with van der Waals surface area (Å²) in [5.74, 6) is -0.865. The molecule has 6 heteroatoms. The molecule has 0 spiro atoms. The summed E-state index contributed by atoms with van der Waals surface area (Å²) in [6, 6.07) is 0. The molecule has 0 amide bonds. The molecule has 352 valence electrons. The molecule has 0 aromatic carbocycles. The van der Waals surface area contributed by atoms with Crippen LogP contribution in [0.15, 0.2) is 24.3 Å². The van der Waals surface area contributed by atoms with E-state index in [4.69, 9.17) is 14.2 Å². The third-order valence-electron chi connectivity index (χ3n) is 11.7. The largest absolute Gasteiger partial charge is 0.462 e. The molecule has 0 aliphatic heterocycles. The van der Waals surface area contributed by atoms with E-state index in [1.807, 2.05) is 0 Å². The molecule has 0 aliphatic rings. The quantitative estimate of drug-likeness (QED) is 0.0263. The predicted octanol–water partition coefficient (Wildman–Crippen LogP) is 17.2. The molecule has 60 heavy (non-hydrogen) atoms. The van der Waals surface area contributed by atoms with Gasteiger partial charge in [-0.3, -0.25) is 14.4 Å². The van der Waals surface area contributed by atoms with Gasteiger partial charge in [0, 0.05) is 19.3 Å². The average molecular weight is 845 g/mol. The van der Waals surface area contributed by atoms with Gasteiger partial charge in [0.1, 0.15) is 13.2 Å². The minimum atomic E-state index is -0.767. The van der Waals surface area contributed by atoms with E-state index >= 15 is 0 Å². The van der Waals surface area contributed by atoms with Crippen molar-refractivity contribution in [1.82, 2.24) is 0 Å². The van der Waals surface area contributed by atoms with Gasteiger partial charge in [-0.05, 0) is 51.4 Å². The first-order valence-electron chi connectivity index (χ1n) is 26.3. The molecule has 1 atom stereocenters. The number of rotatable bonds is 48. The van der Waals surface area contributed by atoms with E-state index in [0.717, 1.165) is 70.6 Å². The minimum absolute atomic E-state index is 0.0692. The third-order valence-corrected chi connectivity index (χ3v) is 11.7. The van der Waals surface area contributed by atoms with Crippen molar-refractivity contribution >= 4 is 17.9 Å². The lowest BCUT2D eigenvalue weighted by atomic mass is 10.0. The number of hydrogen-bond acceptors (Lipinski definition) is 6. The van der Waals surface area contributed by atoms with Crippen molar-refractivity contribution in [3.05, 3.63) is 24.3 Å². The number of allylic oxidation sites excluding steroid dienone is 4. The molecular weight excluding hydrogens is 745 g/mol. The van der Waals surface area contributed by atoms with Crippen LogP contribution in [0.2, 0.25) is 0 Å². The van der Waals surface area contributed by atoms with Gasteiger partial charge in [0.15, 0.2) is 6.10 Å². The van der Waals surface area contributed by atoms with Gasteiger partial charge >= 0.3 is 17.9 Å². The predicted molar refractivity (Wildman–Crippen MR) is 256 cm³/mol. The first-order chi connectivity index (χ1) is 29.5. The van der Waals surface area contributed by atoms with Crippen LogP contribution in [0, 0.1) is 0 Å². The molecule has 0 bridgehead atoms. The van der Waals surface area contributed by atoms with E-state index < -0.39 is 6.10 Å². The fourth-order valence-corrected chi connectivity index (χ4v) is 7.71. The summed E-state index contributed by atoms with van der Waals surface area (Å²) in [6.45, 7) is 6.62. The molecule has 0 aromatic rings. The monoisotopic (exact) mass is 845 g/mol. The summed E-state index contributed by atoms with van der Waals surface area (Å²) in [5, 5.41) is 0. The number of carbonyl (C=O) groups is 3. The number of esters is 3. The minimum Gasteiger partial charge on any atom is -0.462 e. The Bertz CT molecular complexity index is 973. The lowest BCUT2D eigenvalue weighted by Crippen LogP contribution is -2.30. The maximum Gasteiger partial charge on any atom is 0.306 e. The molecular formula is C54H100O6. The van der Waals surface area contributed by atoms with Gasteiger partial charge in [-0.15, -0.1) is 0 Å². The molecule has 0 fully saturated rings. The van der Waals surface area contributed by atoms with Crippen LogP contribution in [-0.4, -0.2) is 37.2 Å². The van der Waals surface area contributed by atoms with Crippen LogP contribution in [0.3, 0.4) is 0 Å². The average Bonchev–Trinajstić information content (AvgIpc) is 3.24. The van der Waals surface area contributed by atoms with Gasteiger partial charge in [0.2, 0.25) is 0 Å². The van der Waals surface area contributed by atoms with E-state index in [0.29, 0.717) is 19.3 Å². The Morgan fingerprint density at radius 1 is 0.333 bits per heavy atom. The highest BCUT2D eigenvalue weighted by Crippen LogP contribution is 2.16. The van der Waals surface area contributed by atoms with E-state index in [9.17, 15) is 14.4 Å². The Balaban J connectivity index is 4.29. The molecule has 0 saturated heterocycles. The summed E-state index contributed by atoms with van der Waals surface area (Å²) in [6.07, 6.45) is 55.9. The normalized spacial score (nSPS) is 12.1. The number of unbranched alkanes of at least 4 members (excludes halogenated alkanes) is 33. The van der Waals surface area contributed by atoms with Gasteiger partial charge < -0.3 is 14.2 Å². The van der Waals surface area contributed by atoms with Crippen LogP contribution in [0.5, 0.6) is 0 Å². The first-order valence-corrected chi connectivity index (χ1v) is 26.3. The zero-order valence-electron chi connectivity index (χ0n) is 40.2. The summed E-state index contributed by atoms with van der Waals surface area (Å²) in [5.41, 5.74) is 0. The molecule has 0 N–H and O–H groups in total. The Labute approximate surface area is 373 Å². The third kappa shape index (κ3) is 46.9. The zero-order chi connectivity index (χ0) is 43.7. The van der Waals surface area contributed by atoms with Crippen molar-refractivity contribution in [2.45, 2.75) is 290 Å². The van der Waals surface area contributed by atoms with Gasteiger partial charge in [-0.25, -0.2) is 0 Å². The van der Waals surface area contributed by atoms with Gasteiger partial charge in [-0.1, -0.05) is 238 Å². The van der Waals surface area contributed by atoms with Crippen molar-refractivity contribution in [3.63, 3.8) is 0 Å². The van der Waals surface area contributed by atoms with Gasteiger partial charge in [0.25, 0.3) is 0 Å². The highest BCUT2D eigenvalue weighted by molar-refractivity contribution is 5.71. The summed E-state index contributed by atoms with van der Waals surface area (Å²) in [4.78, 5) is 37.9. The highest BCUT2D eigenvalue weighted by Gasteiger charge is 2.19. The maximum atomic E-state index is 12.8. The molecule has 0 aliphatic carbocycles. The number of carbonyl (C=O) groups excluding carboxylic acids is 3. The lowest BCUT2D eigenvalue weighted by Gasteiger charge is -2.18. The second-order valence-corrected chi connectivity index (χ2v) is 17.8. The molecule has 0 aromatic heterocycles. The van der Waals surface area contributed by atoms with Crippen molar-refractivity contribution in [2.24, 2.45) is 0 Å². The van der Waals surface area contributed by atoms with E-state index in [1.165, 1.54) is 173 Å². The summed E-state index contributed by atoms with van der Waals surface area (Å²) >= 11 is 0. The smallest absolute Gasteiger partial charge is 0.306 e. The van der Waals surface area contributed by atoms with E-state index in [2.05, 4.69) is 45.1 Å². The second-order valence-electron chi connectivity index (χ2n) is 17.8. The molecule has 0 radical (unpaired) electrons. The Morgan fingerprint density at radius 3 is 0.950 bits per heavy atom. The van der Waals surface area contributed by atoms with Crippen molar-refractivity contribution < 1.29 is 28.6 Å². The van der Waals surface area contributed by atoms with Crippen LogP contribution < -0.4 is 0 Å². The van der Waals surface area contributed by atoms with Crippen molar-refractivity contribution in [2.75, 3.05) is 13.2 Å². The second kappa shape index (κ2) is 49.5. The molecule has 6 nitrogen and oxygen atoms in total. The van der Waals surface area contributed by atoms with Crippen LogP contribution in [0.25, 0.3) is 0 Å². The Kier molecular flexibility index (Phi) is 47.8. The Morgan fingerprint density at radius 2 is 0.600 bits per heavy atom. The van der Waals surface area contributed by atoms with Crippen molar-refractivity contribution in [1.29, 1.82) is 0 Å². The maximum absolute atomic E-state index is 12.8. The zero-order valence-corrected chi connectivity index (χ0v) is 40.2. The Hall–Kier alpha value is -2.11. The molecule has 0 saturated carbocycles. The van der Waals surface area contributed by atoms with E-state index in [-0.39, 0.29) is 31.1 Å². The fraction of sp³-hybridized carbons (Fsp3) is 0.870. The van der Waals surface area contributed by atoms with Crippen molar-refractivity contribution in [3.8, 4) is 0 Å². The topological polar surface area (TPSA) is 78.9 Å². The summed E-state index contributed by atoms with van der Waals surface area (Å²) < 4.78 is 16.8. The van der Waals surface area contributed by atoms with E-state index in [1.54, 1.807) is 0 Å². The SMILES string of the molecule is CCCCC/C=C\C/C=C\CCCCCCCCCC(=O)OC[C@@H](COC(=O)CCCCCCCCCCC)OC(=O)CCCCCCCCCCCCCCCCCC. The lowest BCUT2D eigenvalue weighted by molar-refractivity contribution is -0.167. The van der Waals surface area contributed by atoms with Crippen LogP contribution in [0.1, 0.15) is 284 Å². The standard InChI is InChI=1S/C54H100O6/c1-4-7-10-13-16-19-21-23-25-27-29-30-32-35-38-41-44-47-53(56)59-50-51(49-58-52(55)46-43-40-37-34-18-15-12-9-6-3)60-54(57)48-45-42-39-36-33-31-28-26-24-22-20-17-14-11-8-5-2/h16,19,23,25,51H,4-15,17-18,20-22,24,26-50H2,1-3H3/b19-16-,25-23-/t51-/m1/s1. The number of ether oxygens (including phenoxy) is 3. The van der Waals surface area contributed by atoms with Crippen LogP contribution >= 0.6 is 0 Å². The summed E-state index contributed by atoms with van der Waals surface area (Å²) in [7, 11) is 0. The molecule has 0 rings (SSSR count). The van der Waals surface area contributed by atoms with Gasteiger partial charge in [-0.2, -0.15) is 0 Å². The molecule has 0 heterocycles. The fourth-order valence-electron chi connectivity index (χ4n) is 7.71. The molecule has 0 unspecified atom stereocenters. The van der Waals surface area contributed by atoms with Crippen LogP contribution in [-0.2, 0) is 28.6 Å².